The minimum absolute atomic E-state index is 0.0810. The average Bonchev–Trinajstić information content (AvgIpc) is 3.08. The first kappa shape index (κ1) is 21.9. The molecule has 0 saturated carbocycles. The second kappa shape index (κ2) is 10.3. The topological polar surface area (TPSA) is 114 Å². The number of methoxy groups -OCH3 is 1. The van der Waals surface area contributed by atoms with Crippen molar-refractivity contribution in [1.82, 2.24) is 10.6 Å². The Morgan fingerprint density at radius 1 is 1.06 bits per heavy atom. The van der Waals surface area contributed by atoms with E-state index in [0.717, 1.165) is 22.3 Å². The van der Waals surface area contributed by atoms with Crippen molar-refractivity contribution in [3.05, 3.63) is 59.7 Å². The number of carboxylic acids is 1. The minimum atomic E-state index is -1.29. The van der Waals surface area contributed by atoms with Crippen LogP contribution >= 0.6 is 0 Å². The molecule has 0 radical (unpaired) electrons. The number of fused-ring (bicyclic) bond motifs is 3. The summed E-state index contributed by atoms with van der Waals surface area (Å²) in [7, 11) is 1.39. The van der Waals surface area contributed by atoms with Crippen molar-refractivity contribution in [2.45, 2.75) is 12.0 Å². The molecule has 0 heterocycles. The number of rotatable bonds is 7. The number of nitrogens with one attached hydrogen (secondary N) is 2. The van der Waals surface area contributed by atoms with Crippen LogP contribution in [-0.4, -0.2) is 56.0 Å². The fourth-order valence-electron chi connectivity index (χ4n) is 3.51. The number of alkyl carbamates (subject to hydrolysis) is 1. The zero-order valence-corrected chi connectivity index (χ0v) is 16.9. The van der Waals surface area contributed by atoms with Crippen LogP contribution in [0.15, 0.2) is 48.5 Å². The molecule has 2 aromatic rings. The van der Waals surface area contributed by atoms with Gasteiger partial charge in [-0.1, -0.05) is 54.5 Å². The lowest BCUT2D eigenvalue weighted by molar-refractivity contribution is -0.130. The molecule has 2 aromatic carbocycles. The maximum Gasteiger partial charge on any atom is 0.407 e. The van der Waals surface area contributed by atoms with E-state index in [9.17, 15) is 14.4 Å². The molecule has 0 saturated heterocycles. The molecule has 1 aliphatic rings. The van der Waals surface area contributed by atoms with Gasteiger partial charge in [-0.05, 0) is 22.3 Å². The molecule has 8 heteroatoms. The van der Waals surface area contributed by atoms with Crippen molar-refractivity contribution in [1.29, 1.82) is 0 Å². The maximum atomic E-state index is 12.4. The van der Waals surface area contributed by atoms with Gasteiger partial charge in [0.15, 0.2) is 0 Å². The van der Waals surface area contributed by atoms with E-state index in [1.165, 1.54) is 7.11 Å². The number of carboxylic acid groups (broad SMARTS) is 1. The summed E-state index contributed by atoms with van der Waals surface area (Å²) < 4.78 is 10.4. The van der Waals surface area contributed by atoms with Gasteiger partial charge in [-0.25, -0.2) is 9.59 Å². The van der Waals surface area contributed by atoms with Crippen molar-refractivity contribution < 1.29 is 29.0 Å². The molecule has 0 aromatic heterocycles. The maximum absolute atomic E-state index is 12.4. The van der Waals surface area contributed by atoms with Crippen LogP contribution in [-0.2, 0) is 19.1 Å². The van der Waals surface area contributed by atoms with Crippen molar-refractivity contribution in [3.8, 4) is 23.0 Å². The number of carbonyl (C=O) groups is 3. The lowest BCUT2D eigenvalue weighted by atomic mass is 9.98. The highest BCUT2D eigenvalue weighted by molar-refractivity contribution is 5.88. The zero-order valence-electron chi connectivity index (χ0n) is 16.9. The van der Waals surface area contributed by atoms with E-state index in [2.05, 4.69) is 16.6 Å². The summed E-state index contributed by atoms with van der Waals surface area (Å²) in [6.07, 6.45) is -0.754. The Bertz CT molecular complexity index is 994. The second-order valence-electron chi connectivity index (χ2n) is 6.80. The Kier molecular flexibility index (Phi) is 7.25. The van der Waals surface area contributed by atoms with Gasteiger partial charge in [0.25, 0.3) is 0 Å². The number of aliphatic carboxylic acids is 1. The lowest BCUT2D eigenvalue weighted by Crippen LogP contribution is -2.49. The summed E-state index contributed by atoms with van der Waals surface area (Å²) in [4.78, 5) is 35.0. The number of ether oxygens (including phenoxy) is 2. The van der Waals surface area contributed by atoms with Crippen LogP contribution in [0.4, 0.5) is 4.79 Å². The number of carbonyl (C=O) groups excluding carboxylic acids is 2. The van der Waals surface area contributed by atoms with Crippen LogP contribution in [0.2, 0.25) is 0 Å². The molecule has 160 valence electrons. The molecule has 31 heavy (non-hydrogen) atoms. The third kappa shape index (κ3) is 5.41. The van der Waals surface area contributed by atoms with Gasteiger partial charge in [0.1, 0.15) is 12.6 Å². The molecule has 0 unspecified atom stereocenters. The molecule has 1 aliphatic carbocycles. The molecule has 8 nitrogen and oxygen atoms in total. The van der Waals surface area contributed by atoms with E-state index >= 15 is 0 Å². The predicted molar refractivity (Wildman–Crippen MR) is 112 cm³/mol. The number of hydrogen-bond donors (Lipinski definition) is 3. The van der Waals surface area contributed by atoms with E-state index in [1.807, 2.05) is 54.5 Å². The summed E-state index contributed by atoms with van der Waals surface area (Å²) in [5, 5.41) is 13.4. The van der Waals surface area contributed by atoms with Crippen LogP contribution < -0.4 is 10.6 Å². The molecule has 0 aliphatic heterocycles. The highest BCUT2D eigenvalue weighted by Crippen LogP contribution is 2.44. The Morgan fingerprint density at radius 3 is 2.26 bits per heavy atom. The third-order valence-corrected chi connectivity index (χ3v) is 4.83. The summed E-state index contributed by atoms with van der Waals surface area (Å²) in [6.45, 7) is -0.134. The van der Waals surface area contributed by atoms with Gasteiger partial charge < -0.3 is 25.2 Å². The molecule has 0 spiro atoms. The van der Waals surface area contributed by atoms with Gasteiger partial charge in [-0.3, -0.25) is 4.79 Å². The Balaban J connectivity index is 1.60. The van der Waals surface area contributed by atoms with Crippen molar-refractivity contribution in [2.75, 3.05) is 26.9 Å². The quantitative estimate of drug-likeness (QED) is 0.586. The molecular weight excluding hydrogens is 400 g/mol. The zero-order chi connectivity index (χ0) is 22.2. The van der Waals surface area contributed by atoms with E-state index < -0.39 is 24.0 Å². The normalized spacial score (nSPS) is 12.5. The van der Waals surface area contributed by atoms with Gasteiger partial charge in [0.2, 0.25) is 5.91 Å². The molecular formula is C23H22N2O6. The van der Waals surface area contributed by atoms with Crippen molar-refractivity contribution in [2.24, 2.45) is 0 Å². The first-order valence-electron chi connectivity index (χ1n) is 9.61. The molecule has 3 rings (SSSR count). The first-order valence-corrected chi connectivity index (χ1v) is 9.61. The average molecular weight is 422 g/mol. The summed E-state index contributed by atoms with van der Waals surface area (Å²) >= 11 is 0. The summed E-state index contributed by atoms with van der Waals surface area (Å²) in [5.41, 5.74) is 4.40. The first-order chi connectivity index (χ1) is 15.0. The summed E-state index contributed by atoms with van der Waals surface area (Å²) in [5.74, 6) is 2.22. The van der Waals surface area contributed by atoms with Crippen molar-refractivity contribution in [3.63, 3.8) is 0 Å². The van der Waals surface area contributed by atoms with Crippen LogP contribution in [0.5, 0.6) is 0 Å². The largest absolute Gasteiger partial charge is 0.472 e. The Morgan fingerprint density at radius 2 is 1.68 bits per heavy atom. The van der Waals surface area contributed by atoms with E-state index in [1.54, 1.807) is 0 Å². The minimum Gasteiger partial charge on any atom is -0.472 e. The van der Waals surface area contributed by atoms with Gasteiger partial charge in [-0.15, -0.1) is 0 Å². The van der Waals surface area contributed by atoms with Crippen LogP contribution in [0, 0.1) is 11.8 Å². The van der Waals surface area contributed by atoms with Gasteiger partial charge in [0.05, 0.1) is 13.2 Å². The number of amides is 2. The molecule has 3 N–H and O–H groups in total. The van der Waals surface area contributed by atoms with Crippen LogP contribution in [0.3, 0.4) is 0 Å². The Labute approximate surface area is 179 Å². The predicted octanol–water partition coefficient (Wildman–Crippen LogP) is 1.74. The van der Waals surface area contributed by atoms with E-state index in [4.69, 9.17) is 14.6 Å². The lowest BCUT2D eigenvalue weighted by Gasteiger charge is -2.18. The number of benzene rings is 2. The van der Waals surface area contributed by atoms with Gasteiger partial charge in [-0.2, -0.15) is 0 Å². The molecule has 0 bridgehead atoms. The highest BCUT2D eigenvalue weighted by Gasteiger charge is 2.29. The SMILES string of the molecule is COC[C@H](NC(=O)OCC1c2ccccc2-c2ccccc21)C(=O)NCC#CC(=O)O. The second-order valence-corrected chi connectivity index (χ2v) is 6.80. The van der Waals surface area contributed by atoms with Crippen LogP contribution in [0.1, 0.15) is 17.0 Å². The van der Waals surface area contributed by atoms with E-state index in [-0.39, 0.29) is 25.7 Å². The van der Waals surface area contributed by atoms with Crippen molar-refractivity contribution >= 4 is 18.0 Å². The Hall–Kier alpha value is -3.83. The fourth-order valence-corrected chi connectivity index (χ4v) is 3.51. The fraction of sp³-hybridized carbons (Fsp3) is 0.261. The van der Waals surface area contributed by atoms with Crippen LogP contribution in [0.25, 0.3) is 11.1 Å². The van der Waals surface area contributed by atoms with Gasteiger partial charge in [0, 0.05) is 18.9 Å². The standard InChI is InChI=1S/C23H22N2O6/c1-30-14-20(22(28)24-12-6-11-21(26)27)25-23(29)31-13-19-17-9-4-2-7-15(17)16-8-3-5-10-18(16)19/h2-5,7-10,19-20H,12-14H2,1H3,(H,24,28)(H,25,29)(H,26,27)/t20-/m0/s1. The monoisotopic (exact) mass is 422 g/mol. The molecule has 1 atom stereocenters. The summed E-state index contributed by atoms with van der Waals surface area (Å²) in [6, 6.07) is 14.9. The highest BCUT2D eigenvalue weighted by atomic mass is 16.5. The third-order valence-electron chi connectivity index (χ3n) is 4.83. The molecule has 0 fully saturated rings. The smallest absolute Gasteiger partial charge is 0.407 e. The van der Waals surface area contributed by atoms with E-state index in [0.29, 0.717) is 0 Å². The number of hydrogen-bond acceptors (Lipinski definition) is 5. The van der Waals surface area contributed by atoms with Gasteiger partial charge >= 0.3 is 12.1 Å². The molecule has 2 amide bonds.